The van der Waals surface area contributed by atoms with Gasteiger partial charge in [0.2, 0.25) is 11.7 Å². The number of rotatable bonds is 4. The van der Waals surface area contributed by atoms with E-state index in [2.05, 4.69) is 15.5 Å². The zero-order valence-corrected chi connectivity index (χ0v) is 17.8. The Morgan fingerprint density at radius 2 is 1.71 bits per heavy atom. The van der Waals surface area contributed by atoms with Crippen LogP contribution in [0.25, 0.3) is 22.2 Å². The van der Waals surface area contributed by atoms with Crippen LogP contribution in [0.3, 0.4) is 0 Å². The maximum atomic E-state index is 13.3. The molecule has 0 bridgehead atoms. The molecule has 34 heavy (non-hydrogen) atoms. The molecule has 1 aliphatic rings. The average molecular weight is 466 g/mol. The van der Waals surface area contributed by atoms with Crippen molar-refractivity contribution in [1.82, 2.24) is 20.4 Å². The second-order valence-electron chi connectivity index (χ2n) is 8.06. The largest absolute Gasteiger partial charge is 0.416 e. The monoisotopic (exact) mass is 466 g/mol. The Kier molecular flexibility index (Phi) is 4.89. The van der Waals surface area contributed by atoms with Gasteiger partial charge in [-0.3, -0.25) is 9.69 Å². The van der Waals surface area contributed by atoms with Crippen LogP contribution in [0.5, 0.6) is 0 Å². The zero-order chi connectivity index (χ0) is 24.1. The van der Waals surface area contributed by atoms with Gasteiger partial charge in [0.25, 0.3) is 5.91 Å². The molecule has 1 atom stereocenters. The van der Waals surface area contributed by atoms with Gasteiger partial charge in [0, 0.05) is 5.56 Å². The van der Waals surface area contributed by atoms with Gasteiger partial charge in [-0.15, -0.1) is 0 Å². The first-order valence-corrected chi connectivity index (χ1v) is 10.3. The average Bonchev–Trinajstić information content (AvgIpc) is 3.37. The van der Waals surface area contributed by atoms with Gasteiger partial charge >= 0.3 is 12.2 Å². The number of benzene rings is 3. The summed E-state index contributed by atoms with van der Waals surface area (Å²) in [7, 11) is 0. The van der Waals surface area contributed by atoms with E-state index in [1.54, 1.807) is 13.0 Å². The molecule has 0 aliphatic carbocycles. The summed E-state index contributed by atoms with van der Waals surface area (Å²) in [6.07, 6.45) is -4.46. The molecule has 7 nitrogen and oxygen atoms in total. The summed E-state index contributed by atoms with van der Waals surface area (Å²) in [6, 6.07) is 16.7. The quantitative estimate of drug-likeness (QED) is 0.434. The van der Waals surface area contributed by atoms with E-state index in [4.69, 9.17) is 4.52 Å². The van der Waals surface area contributed by atoms with Gasteiger partial charge in [-0.05, 0) is 35.4 Å². The molecular weight excluding hydrogens is 449 g/mol. The molecule has 3 amide bonds. The Labute approximate surface area is 191 Å². The van der Waals surface area contributed by atoms with Crippen molar-refractivity contribution in [1.29, 1.82) is 0 Å². The number of imide groups is 1. The summed E-state index contributed by atoms with van der Waals surface area (Å²) in [4.78, 5) is 31.2. The number of fused-ring (bicyclic) bond motifs is 1. The van der Waals surface area contributed by atoms with E-state index in [0.717, 1.165) is 27.8 Å². The zero-order valence-electron chi connectivity index (χ0n) is 17.8. The predicted octanol–water partition coefficient (Wildman–Crippen LogP) is 4.88. The standard InChI is InChI=1S/C24H17F3N4O3/c1-23(18-8-4-6-14-5-2-3-7-17(14)18)21(32)31(22(33)29-23)13-19-28-20(30-34-19)15-9-11-16(12-10-15)24(25,26)27/h2-12H,13H2,1H3,(H,29,33). The van der Waals surface area contributed by atoms with Gasteiger partial charge in [-0.2, -0.15) is 18.2 Å². The fourth-order valence-electron chi connectivity index (χ4n) is 4.06. The molecule has 1 N–H and O–H groups in total. The van der Waals surface area contributed by atoms with Crippen molar-refractivity contribution in [2.45, 2.75) is 25.2 Å². The Bertz CT molecular complexity index is 1410. The van der Waals surface area contributed by atoms with E-state index in [-0.39, 0.29) is 18.3 Å². The highest BCUT2D eigenvalue weighted by Crippen LogP contribution is 2.35. The number of carbonyl (C=O) groups excluding carboxylic acids is 2. The fraction of sp³-hybridized carbons (Fsp3) is 0.167. The number of nitrogens with zero attached hydrogens (tertiary/aromatic N) is 3. The number of carbonyl (C=O) groups is 2. The van der Waals surface area contributed by atoms with Gasteiger partial charge in [0.15, 0.2) is 0 Å². The van der Waals surface area contributed by atoms with Crippen molar-refractivity contribution in [2.24, 2.45) is 0 Å². The fourth-order valence-corrected chi connectivity index (χ4v) is 4.06. The van der Waals surface area contributed by atoms with Crippen LogP contribution in [0, 0.1) is 0 Å². The number of halogens is 3. The van der Waals surface area contributed by atoms with Crippen molar-refractivity contribution >= 4 is 22.7 Å². The van der Waals surface area contributed by atoms with Crippen LogP contribution < -0.4 is 5.32 Å². The normalized spacial score (nSPS) is 18.5. The number of hydrogen-bond acceptors (Lipinski definition) is 5. The second-order valence-corrected chi connectivity index (χ2v) is 8.06. The third-order valence-corrected chi connectivity index (χ3v) is 5.84. The Hall–Kier alpha value is -4.21. The smallest absolute Gasteiger partial charge is 0.337 e. The van der Waals surface area contributed by atoms with E-state index in [1.807, 2.05) is 36.4 Å². The molecule has 0 spiro atoms. The number of aromatic nitrogens is 2. The lowest BCUT2D eigenvalue weighted by molar-refractivity contribution is -0.137. The van der Waals surface area contributed by atoms with E-state index in [1.165, 1.54) is 12.1 Å². The molecule has 1 unspecified atom stereocenters. The van der Waals surface area contributed by atoms with E-state index in [9.17, 15) is 22.8 Å². The van der Waals surface area contributed by atoms with Gasteiger partial charge in [0.05, 0.1) is 5.56 Å². The maximum absolute atomic E-state index is 13.3. The highest BCUT2D eigenvalue weighted by molar-refractivity contribution is 6.09. The Balaban J connectivity index is 1.39. The molecule has 172 valence electrons. The molecule has 10 heteroatoms. The maximum Gasteiger partial charge on any atom is 0.416 e. The van der Waals surface area contributed by atoms with Crippen LogP contribution in [0.15, 0.2) is 71.3 Å². The lowest BCUT2D eigenvalue weighted by Gasteiger charge is -2.23. The second kappa shape index (κ2) is 7.68. The third kappa shape index (κ3) is 3.57. The number of nitrogens with one attached hydrogen (secondary N) is 1. The summed E-state index contributed by atoms with van der Waals surface area (Å²) >= 11 is 0. The summed E-state index contributed by atoms with van der Waals surface area (Å²) in [6.45, 7) is 1.36. The summed E-state index contributed by atoms with van der Waals surface area (Å²) in [5.41, 5.74) is -1.14. The molecule has 3 aromatic carbocycles. The summed E-state index contributed by atoms with van der Waals surface area (Å²) in [5.74, 6) is -0.462. The minimum absolute atomic E-state index is 0.0273. The summed E-state index contributed by atoms with van der Waals surface area (Å²) in [5, 5.41) is 8.30. The van der Waals surface area contributed by atoms with Crippen molar-refractivity contribution in [3.8, 4) is 11.4 Å². The number of alkyl halides is 3. The van der Waals surface area contributed by atoms with Crippen LogP contribution in [0.1, 0.15) is 23.9 Å². The molecule has 1 aromatic heterocycles. The lowest BCUT2D eigenvalue weighted by atomic mass is 9.88. The van der Waals surface area contributed by atoms with Crippen LogP contribution >= 0.6 is 0 Å². The summed E-state index contributed by atoms with van der Waals surface area (Å²) < 4.78 is 43.5. The van der Waals surface area contributed by atoms with Gasteiger partial charge < -0.3 is 9.84 Å². The molecule has 0 radical (unpaired) electrons. The number of urea groups is 1. The third-order valence-electron chi connectivity index (χ3n) is 5.84. The predicted molar refractivity (Wildman–Crippen MR) is 115 cm³/mol. The van der Waals surface area contributed by atoms with Crippen molar-refractivity contribution in [2.75, 3.05) is 0 Å². The van der Waals surface area contributed by atoms with E-state index < -0.39 is 29.2 Å². The minimum Gasteiger partial charge on any atom is -0.337 e. The molecule has 1 aliphatic heterocycles. The number of amides is 3. The molecule has 1 saturated heterocycles. The van der Waals surface area contributed by atoms with Crippen LogP contribution in [-0.4, -0.2) is 27.0 Å². The van der Waals surface area contributed by atoms with Crippen molar-refractivity contribution < 1.29 is 27.3 Å². The van der Waals surface area contributed by atoms with Crippen LogP contribution in [-0.2, 0) is 23.1 Å². The first-order chi connectivity index (χ1) is 16.2. The molecular formula is C24H17F3N4O3. The van der Waals surface area contributed by atoms with E-state index in [0.29, 0.717) is 11.1 Å². The van der Waals surface area contributed by atoms with Gasteiger partial charge in [-0.1, -0.05) is 59.8 Å². The van der Waals surface area contributed by atoms with Gasteiger partial charge in [-0.25, -0.2) is 4.79 Å². The van der Waals surface area contributed by atoms with Crippen LogP contribution in [0.4, 0.5) is 18.0 Å². The Morgan fingerprint density at radius 1 is 1.00 bits per heavy atom. The van der Waals surface area contributed by atoms with Crippen LogP contribution in [0.2, 0.25) is 0 Å². The minimum atomic E-state index is -4.46. The first-order valence-electron chi connectivity index (χ1n) is 10.3. The molecule has 5 rings (SSSR count). The van der Waals surface area contributed by atoms with E-state index >= 15 is 0 Å². The van der Waals surface area contributed by atoms with Gasteiger partial charge in [0.1, 0.15) is 12.1 Å². The highest BCUT2D eigenvalue weighted by Gasteiger charge is 2.50. The number of hydrogen-bond donors (Lipinski definition) is 1. The topological polar surface area (TPSA) is 88.3 Å². The molecule has 4 aromatic rings. The molecule has 2 heterocycles. The highest BCUT2D eigenvalue weighted by atomic mass is 19.4. The van der Waals surface area contributed by atoms with Crippen molar-refractivity contribution in [3.63, 3.8) is 0 Å². The molecule has 1 fully saturated rings. The first kappa shape index (κ1) is 21.6. The lowest BCUT2D eigenvalue weighted by Crippen LogP contribution is -2.41. The SMILES string of the molecule is CC1(c2cccc3ccccc23)NC(=O)N(Cc2nc(-c3ccc(C(F)(F)F)cc3)no2)C1=O. The molecule has 0 saturated carbocycles. The Morgan fingerprint density at radius 3 is 2.44 bits per heavy atom. The van der Waals surface area contributed by atoms with Crippen molar-refractivity contribution in [3.05, 3.63) is 83.7 Å².